The fourth-order valence-corrected chi connectivity index (χ4v) is 4.83. The van der Waals surface area contributed by atoms with E-state index in [9.17, 15) is 0 Å². The zero-order chi connectivity index (χ0) is 10.9. The lowest BCUT2D eigenvalue weighted by Gasteiger charge is -2.31. The first-order valence-corrected chi connectivity index (χ1v) is 7.01. The van der Waals surface area contributed by atoms with Crippen molar-refractivity contribution < 1.29 is 0 Å². The van der Waals surface area contributed by atoms with Gasteiger partial charge in [0.05, 0.1) is 0 Å². The largest absolute Gasteiger partial charge is 0.0772 e. The topological polar surface area (TPSA) is 0 Å². The molecule has 0 saturated heterocycles. The first-order valence-electron chi connectivity index (χ1n) is 5.44. The van der Waals surface area contributed by atoms with E-state index >= 15 is 0 Å². The first-order chi connectivity index (χ1) is 6.37. The lowest BCUT2D eigenvalue weighted by Crippen LogP contribution is -2.34. The van der Waals surface area contributed by atoms with Gasteiger partial charge in [-0.15, -0.1) is 0 Å². The van der Waals surface area contributed by atoms with Crippen molar-refractivity contribution in [3.63, 3.8) is 0 Å². The van der Waals surface area contributed by atoms with Crippen LogP contribution in [0.4, 0.5) is 0 Å². The molecule has 0 bridgehead atoms. The summed E-state index contributed by atoms with van der Waals surface area (Å²) in [6, 6.07) is 4.49. The Hall–Kier alpha value is -0.433. The molecule has 0 radical (unpaired) electrons. The van der Waals surface area contributed by atoms with Crippen LogP contribution in [0.2, 0.25) is 0 Å². The summed E-state index contributed by atoms with van der Waals surface area (Å²) in [5.74, 6) is 0.752. The van der Waals surface area contributed by atoms with Crippen LogP contribution in [0.15, 0.2) is 17.8 Å². The van der Waals surface area contributed by atoms with Gasteiger partial charge in [0.1, 0.15) is 0 Å². The molecule has 1 heterocycles. The summed E-state index contributed by atoms with van der Waals surface area (Å²) < 4.78 is 0. The minimum atomic E-state index is -0.482. The fourth-order valence-electron chi connectivity index (χ4n) is 1.76. The maximum atomic E-state index is 2.45. The lowest BCUT2D eigenvalue weighted by atomic mass is 9.99. The molecule has 0 N–H and O–H groups in total. The molecule has 0 amide bonds. The highest BCUT2D eigenvalue weighted by Gasteiger charge is 2.26. The second-order valence-electron chi connectivity index (χ2n) is 5.12. The minimum absolute atomic E-state index is 0.459. The molecular formula is C13H22Si. The van der Waals surface area contributed by atoms with Gasteiger partial charge >= 0.3 is 0 Å². The van der Waals surface area contributed by atoms with E-state index in [-0.39, 0.29) is 0 Å². The van der Waals surface area contributed by atoms with Crippen LogP contribution in [0, 0.1) is 19.8 Å². The molecule has 1 aromatic heterocycles. The van der Waals surface area contributed by atoms with E-state index in [0.717, 1.165) is 5.92 Å². The van der Waals surface area contributed by atoms with Crippen LogP contribution in [0.3, 0.4) is 0 Å². The molecule has 0 aromatic carbocycles. The number of aryl methyl sites for hydroxylation is 1. The smallest absolute Gasteiger partial charge is 0.0467 e. The standard InChI is InChI=1S/C13H22Si/c1-10(2)13(5,6)14-9-7-8-11(3)12(14)4/h7-10H,1-6H3. The van der Waals surface area contributed by atoms with Crippen molar-refractivity contribution >= 4 is 8.40 Å². The van der Waals surface area contributed by atoms with E-state index in [4.69, 9.17) is 0 Å². The summed E-state index contributed by atoms with van der Waals surface area (Å²) in [6.07, 6.45) is 0. The van der Waals surface area contributed by atoms with Gasteiger partial charge in [-0.2, -0.15) is 0 Å². The normalized spacial score (nSPS) is 12.2. The molecule has 0 spiro atoms. The predicted molar refractivity (Wildman–Crippen MR) is 66.0 cm³/mol. The zero-order valence-corrected chi connectivity index (χ0v) is 11.3. The molecule has 0 atom stereocenters. The van der Waals surface area contributed by atoms with Crippen molar-refractivity contribution in [1.82, 2.24) is 0 Å². The average Bonchev–Trinajstić information content (AvgIpc) is 2.09. The fraction of sp³-hybridized carbons (Fsp3) is 0.615. The Kier molecular flexibility index (Phi) is 3.30. The summed E-state index contributed by atoms with van der Waals surface area (Å²) in [7, 11) is -0.482. The van der Waals surface area contributed by atoms with E-state index in [1.54, 1.807) is 5.17 Å². The maximum absolute atomic E-state index is 2.45. The molecular weight excluding hydrogens is 184 g/mol. The first kappa shape index (κ1) is 11.6. The number of rotatable bonds is 2. The van der Waals surface area contributed by atoms with Gasteiger partial charge < -0.3 is 0 Å². The van der Waals surface area contributed by atoms with Crippen molar-refractivity contribution in [2.45, 2.75) is 46.6 Å². The van der Waals surface area contributed by atoms with Gasteiger partial charge in [-0.25, -0.2) is 0 Å². The third kappa shape index (κ3) is 1.98. The molecule has 1 heteroatoms. The van der Waals surface area contributed by atoms with Gasteiger partial charge in [-0.05, 0) is 24.8 Å². The Morgan fingerprint density at radius 1 is 1.21 bits per heavy atom. The van der Waals surface area contributed by atoms with E-state index in [1.165, 1.54) is 5.56 Å². The van der Waals surface area contributed by atoms with Gasteiger partial charge in [-0.1, -0.05) is 56.2 Å². The molecule has 0 aliphatic rings. The molecule has 0 fully saturated rings. The highest BCUT2D eigenvalue weighted by atomic mass is 28.2. The van der Waals surface area contributed by atoms with Gasteiger partial charge in [0.25, 0.3) is 0 Å². The van der Waals surface area contributed by atoms with Crippen molar-refractivity contribution in [2.24, 2.45) is 5.92 Å². The van der Waals surface area contributed by atoms with E-state index in [2.05, 4.69) is 59.4 Å². The Morgan fingerprint density at radius 2 is 1.79 bits per heavy atom. The van der Waals surface area contributed by atoms with Gasteiger partial charge in [0, 0.05) is 8.40 Å². The Balaban J connectivity index is 3.26. The van der Waals surface area contributed by atoms with Gasteiger partial charge in [-0.3, -0.25) is 0 Å². The molecule has 0 nitrogen and oxygen atoms in total. The Bertz CT molecular complexity index is 324. The SMILES string of the molecule is Cc1ccc[si](C(C)(C)C(C)C)c1C. The van der Waals surface area contributed by atoms with Crippen molar-refractivity contribution in [3.05, 3.63) is 28.5 Å². The lowest BCUT2D eigenvalue weighted by molar-refractivity contribution is 0.434. The summed E-state index contributed by atoms with van der Waals surface area (Å²) in [5.41, 5.74) is 3.93. The maximum Gasteiger partial charge on any atom is 0.0467 e. The van der Waals surface area contributed by atoms with Crippen molar-refractivity contribution in [2.75, 3.05) is 0 Å². The summed E-state index contributed by atoms with van der Waals surface area (Å²) in [6.45, 7) is 14.1. The third-order valence-electron chi connectivity index (χ3n) is 3.74. The summed E-state index contributed by atoms with van der Waals surface area (Å²) >= 11 is 0. The Morgan fingerprint density at radius 3 is 2.29 bits per heavy atom. The van der Waals surface area contributed by atoms with Crippen LogP contribution < -0.4 is 0 Å². The number of hydrogen-bond donors (Lipinski definition) is 0. The molecule has 0 unspecified atom stereocenters. The molecule has 1 aromatic rings. The Labute approximate surface area is 89.9 Å². The molecule has 0 saturated carbocycles. The van der Waals surface area contributed by atoms with E-state index < -0.39 is 8.40 Å². The van der Waals surface area contributed by atoms with Crippen LogP contribution in [0.5, 0.6) is 0 Å². The van der Waals surface area contributed by atoms with Gasteiger partial charge in [0.2, 0.25) is 0 Å². The van der Waals surface area contributed by atoms with Crippen molar-refractivity contribution in [1.29, 1.82) is 0 Å². The second kappa shape index (κ2) is 3.97. The highest BCUT2D eigenvalue weighted by molar-refractivity contribution is 6.56. The van der Waals surface area contributed by atoms with Crippen LogP contribution in [-0.4, -0.2) is 8.40 Å². The number of hydrogen-bond acceptors (Lipinski definition) is 0. The quantitative estimate of drug-likeness (QED) is 0.647. The van der Waals surface area contributed by atoms with Crippen LogP contribution in [0.1, 0.15) is 38.4 Å². The van der Waals surface area contributed by atoms with E-state index in [1.807, 2.05) is 0 Å². The highest BCUT2D eigenvalue weighted by Crippen LogP contribution is 2.26. The van der Waals surface area contributed by atoms with Crippen LogP contribution in [-0.2, 0) is 5.04 Å². The zero-order valence-electron chi connectivity index (χ0n) is 10.3. The van der Waals surface area contributed by atoms with Crippen LogP contribution in [0.25, 0.3) is 0 Å². The summed E-state index contributed by atoms with van der Waals surface area (Å²) in [5, 5.41) is 2.09. The third-order valence-corrected chi connectivity index (χ3v) is 7.44. The minimum Gasteiger partial charge on any atom is -0.0772 e. The molecule has 1 rings (SSSR count). The van der Waals surface area contributed by atoms with Gasteiger partial charge in [0.15, 0.2) is 0 Å². The second-order valence-corrected chi connectivity index (χ2v) is 8.32. The average molecular weight is 206 g/mol. The molecule has 78 valence electrons. The van der Waals surface area contributed by atoms with E-state index in [0.29, 0.717) is 5.04 Å². The predicted octanol–water partition coefficient (Wildman–Crippen LogP) is 3.72. The molecule has 0 aliphatic heterocycles. The summed E-state index contributed by atoms with van der Waals surface area (Å²) in [4.78, 5) is 0. The molecule has 0 aliphatic carbocycles. The van der Waals surface area contributed by atoms with Crippen molar-refractivity contribution in [3.8, 4) is 0 Å². The van der Waals surface area contributed by atoms with Crippen LogP contribution >= 0.6 is 0 Å². The monoisotopic (exact) mass is 206 g/mol. The molecule has 14 heavy (non-hydrogen) atoms.